The van der Waals surface area contributed by atoms with Crippen molar-refractivity contribution >= 4 is 11.6 Å². The highest BCUT2D eigenvalue weighted by atomic mass is 16.5. The third-order valence-corrected chi connectivity index (χ3v) is 5.24. The van der Waals surface area contributed by atoms with Crippen LogP contribution in [-0.2, 0) is 16.1 Å². The zero-order valence-corrected chi connectivity index (χ0v) is 14.9. The second kappa shape index (κ2) is 8.47. The number of hydrogen-bond acceptors (Lipinski definition) is 5. The van der Waals surface area contributed by atoms with E-state index in [9.17, 15) is 9.59 Å². The zero-order chi connectivity index (χ0) is 17.6. The van der Waals surface area contributed by atoms with Crippen LogP contribution in [0.4, 0.5) is 5.69 Å². The molecule has 0 aromatic carbocycles. The number of ether oxygens (including phenoxy) is 1. The van der Waals surface area contributed by atoms with Crippen LogP contribution in [0.25, 0.3) is 0 Å². The smallest absolute Gasteiger partial charge is 0.268 e. The molecule has 1 unspecified atom stereocenters. The van der Waals surface area contributed by atoms with E-state index in [1.54, 1.807) is 19.4 Å². The van der Waals surface area contributed by atoms with Crippen LogP contribution in [0.3, 0.4) is 0 Å². The maximum Gasteiger partial charge on any atom is 0.268 e. The Kier molecular flexibility index (Phi) is 6.07. The molecule has 1 aliphatic heterocycles. The second-order valence-electron chi connectivity index (χ2n) is 7.04. The van der Waals surface area contributed by atoms with Gasteiger partial charge in [-0.15, -0.1) is 0 Å². The number of carbonyl (C=O) groups is 1. The molecule has 1 aliphatic carbocycles. The average molecular weight is 348 g/mol. The fourth-order valence-electron chi connectivity index (χ4n) is 3.72. The van der Waals surface area contributed by atoms with Crippen LogP contribution in [0.5, 0.6) is 0 Å². The van der Waals surface area contributed by atoms with Crippen molar-refractivity contribution in [1.29, 1.82) is 0 Å². The molecule has 0 spiro atoms. The van der Waals surface area contributed by atoms with Crippen molar-refractivity contribution in [1.82, 2.24) is 15.1 Å². The lowest BCUT2D eigenvalue weighted by atomic mass is 9.95. The van der Waals surface area contributed by atoms with Gasteiger partial charge in [-0.25, -0.2) is 4.68 Å². The maximum atomic E-state index is 12.5. The molecule has 1 aromatic heterocycles. The summed E-state index contributed by atoms with van der Waals surface area (Å²) in [6.07, 6.45) is 8.45. The number of nitrogens with zero attached hydrogens (tertiary/aromatic N) is 3. The predicted molar refractivity (Wildman–Crippen MR) is 95.7 cm³/mol. The van der Waals surface area contributed by atoms with Gasteiger partial charge < -0.3 is 15.0 Å². The van der Waals surface area contributed by atoms with Crippen molar-refractivity contribution in [2.24, 2.45) is 5.92 Å². The number of aromatic nitrogens is 2. The van der Waals surface area contributed by atoms with Crippen LogP contribution in [0.15, 0.2) is 17.1 Å². The van der Waals surface area contributed by atoms with Crippen LogP contribution in [0.1, 0.15) is 38.5 Å². The van der Waals surface area contributed by atoms with E-state index in [4.69, 9.17) is 4.74 Å². The molecular weight excluding hydrogens is 320 g/mol. The van der Waals surface area contributed by atoms with Gasteiger partial charge in [-0.2, -0.15) is 5.10 Å². The molecular formula is C18H28N4O3. The van der Waals surface area contributed by atoms with Crippen LogP contribution < -0.4 is 15.8 Å². The summed E-state index contributed by atoms with van der Waals surface area (Å²) >= 11 is 0. The minimum absolute atomic E-state index is 0.00199. The third-order valence-electron chi connectivity index (χ3n) is 5.24. The lowest BCUT2D eigenvalue weighted by molar-refractivity contribution is -0.125. The van der Waals surface area contributed by atoms with Crippen molar-refractivity contribution in [3.05, 3.63) is 22.6 Å². The lowest BCUT2D eigenvalue weighted by Crippen LogP contribution is -2.40. The number of carbonyl (C=O) groups excluding carboxylic acids is 1. The van der Waals surface area contributed by atoms with Gasteiger partial charge in [0.05, 0.1) is 31.0 Å². The van der Waals surface area contributed by atoms with Crippen molar-refractivity contribution in [3.63, 3.8) is 0 Å². The van der Waals surface area contributed by atoms with Gasteiger partial charge in [0.15, 0.2) is 0 Å². The van der Waals surface area contributed by atoms with E-state index in [2.05, 4.69) is 15.3 Å². The molecule has 1 N–H and O–H groups in total. The van der Waals surface area contributed by atoms with Gasteiger partial charge in [0.2, 0.25) is 5.91 Å². The van der Waals surface area contributed by atoms with E-state index in [1.165, 1.54) is 23.9 Å². The molecule has 1 atom stereocenters. The van der Waals surface area contributed by atoms with Crippen LogP contribution in [0.2, 0.25) is 0 Å². The van der Waals surface area contributed by atoms with Gasteiger partial charge in [0.1, 0.15) is 0 Å². The molecule has 0 bridgehead atoms. The quantitative estimate of drug-likeness (QED) is 0.835. The normalized spacial score (nSPS) is 21.5. The topological polar surface area (TPSA) is 76.5 Å². The first kappa shape index (κ1) is 17.9. The Bertz CT molecular complexity index is 639. The Morgan fingerprint density at radius 1 is 1.32 bits per heavy atom. The molecule has 1 saturated carbocycles. The van der Waals surface area contributed by atoms with Crippen molar-refractivity contribution < 1.29 is 9.53 Å². The standard InChI is InChI=1S/C18H28N4O3/c1-25-10-9-22-17(23)11-16(12-19-22)21-8-7-14(13-21)18(24)20-15-5-3-2-4-6-15/h11-12,14-15H,2-10,13H2,1H3,(H,20,24). The fraction of sp³-hybridized carbons (Fsp3) is 0.722. The summed E-state index contributed by atoms with van der Waals surface area (Å²) in [6, 6.07) is 1.95. The molecule has 1 aromatic rings. The highest BCUT2D eigenvalue weighted by Crippen LogP contribution is 2.23. The third kappa shape index (κ3) is 4.60. The van der Waals surface area contributed by atoms with E-state index < -0.39 is 0 Å². The van der Waals surface area contributed by atoms with E-state index in [0.29, 0.717) is 25.7 Å². The Morgan fingerprint density at radius 2 is 2.12 bits per heavy atom. The zero-order valence-electron chi connectivity index (χ0n) is 14.9. The predicted octanol–water partition coefficient (Wildman–Crippen LogP) is 1.16. The molecule has 3 rings (SSSR count). The van der Waals surface area contributed by atoms with E-state index in [-0.39, 0.29) is 17.4 Å². The van der Waals surface area contributed by atoms with Crippen LogP contribution >= 0.6 is 0 Å². The fourth-order valence-corrected chi connectivity index (χ4v) is 3.72. The summed E-state index contributed by atoms with van der Waals surface area (Å²) in [6.45, 7) is 2.34. The summed E-state index contributed by atoms with van der Waals surface area (Å²) in [4.78, 5) is 26.7. The highest BCUT2D eigenvalue weighted by Gasteiger charge is 2.30. The lowest BCUT2D eigenvalue weighted by Gasteiger charge is -2.24. The molecule has 1 amide bonds. The molecule has 2 fully saturated rings. The van der Waals surface area contributed by atoms with E-state index in [0.717, 1.165) is 31.5 Å². The first-order valence-corrected chi connectivity index (χ1v) is 9.29. The van der Waals surface area contributed by atoms with Gasteiger partial charge in [0, 0.05) is 32.3 Å². The van der Waals surface area contributed by atoms with Crippen molar-refractivity contribution in [2.75, 3.05) is 31.7 Å². The Balaban J connectivity index is 1.55. The first-order valence-electron chi connectivity index (χ1n) is 9.29. The van der Waals surface area contributed by atoms with Gasteiger partial charge in [-0.3, -0.25) is 9.59 Å². The second-order valence-corrected chi connectivity index (χ2v) is 7.04. The number of anilines is 1. The molecule has 138 valence electrons. The molecule has 7 heteroatoms. The molecule has 2 aliphatic rings. The minimum atomic E-state index is -0.135. The van der Waals surface area contributed by atoms with E-state index >= 15 is 0 Å². The van der Waals surface area contributed by atoms with Gasteiger partial charge in [0.25, 0.3) is 5.56 Å². The number of amides is 1. The monoisotopic (exact) mass is 348 g/mol. The summed E-state index contributed by atoms with van der Waals surface area (Å²) in [7, 11) is 1.60. The molecule has 2 heterocycles. The summed E-state index contributed by atoms with van der Waals surface area (Å²) < 4.78 is 6.38. The Labute approximate surface area is 148 Å². The highest BCUT2D eigenvalue weighted by molar-refractivity contribution is 5.80. The molecule has 25 heavy (non-hydrogen) atoms. The summed E-state index contributed by atoms with van der Waals surface area (Å²) in [5.74, 6) is 0.161. The average Bonchev–Trinajstić information content (AvgIpc) is 3.12. The van der Waals surface area contributed by atoms with Crippen LogP contribution in [-0.4, -0.2) is 48.5 Å². The number of hydrogen-bond donors (Lipinski definition) is 1. The van der Waals surface area contributed by atoms with Crippen molar-refractivity contribution in [3.8, 4) is 0 Å². The number of nitrogens with one attached hydrogen (secondary N) is 1. The SMILES string of the molecule is COCCn1ncc(N2CCC(C(=O)NC3CCCCC3)C2)cc1=O. The molecule has 0 radical (unpaired) electrons. The largest absolute Gasteiger partial charge is 0.383 e. The van der Waals surface area contributed by atoms with Crippen LogP contribution in [0, 0.1) is 5.92 Å². The van der Waals surface area contributed by atoms with Gasteiger partial charge in [-0.05, 0) is 19.3 Å². The number of methoxy groups -OCH3 is 1. The minimum Gasteiger partial charge on any atom is -0.383 e. The summed E-state index contributed by atoms with van der Waals surface area (Å²) in [5.41, 5.74) is 0.663. The van der Waals surface area contributed by atoms with Gasteiger partial charge in [-0.1, -0.05) is 19.3 Å². The summed E-state index contributed by atoms with van der Waals surface area (Å²) in [5, 5.41) is 7.42. The maximum absolute atomic E-state index is 12.5. The Morgan fingerprint density at radius 3 is 2.84 bits per heavy atom. The first-order chi connectivity index (χ1) is 12.2. The molecule has 1 saturated heterocycles. The number of rotatable bonds is 6. The molecule has 7 nitrogen and oxygen atoms in total. The van der Waals surface area contributed by atoms with Crippen molar-refractivity contribution in [2.45, 2.75) is 51.1 Å². The van der Waals surface area contributed by atoms with Gasteiger partial charge >= 0.3 is 0 Å². The van der Waals surface area contributed by atoms with E-state index in [1.807, 2.05) is 0 Å². The Hall–Kier alpha value is -1.89.